The van der Waals surface area contributed by atoms with E-state index >= 15 is 0 Å². The van der Waals surface area contributed by atoms with E-state index in [0.29, 0.717) is 35.8 Å². The van der Waals surface area contributed by atoms with Gasteiger partial charge in [-0.25, -0.2) is 4.68 Å². The lowest BCUT2D eigenvalue weighted by Gasteiger charge is -2.11. The summed E-state index contributed by atoms with van der Waals surface area (Å²) in [6, 6.07) is 0. The number of rotatable bonds is 8. The fourth-order valence-electron chi connectivity index (χ4n) is 1.48. The molecule has 0 unspecified atom stereocenters. The standard InChI is InChI=1S/C13H21BrN4O3/c1-9(2)6-16-11(19)8-15-10-7-17-18(4-5-21-3)13(20)12(10)14/h7,9,15H,4-6,8H2,1-3H3,(H,16,19). The van der Waals surface area contributed by atoms with Crippen LogP contribution in [0.5, 0.6) is 0 Å². The number of hydrogen-bond acceptors (Lipinski definition) is 5. The number of halogens is 1. The highest BCUT2D eigenvalue weighted by atomic mass is 79.9. The first-order valence-electron chi connectivity index (χ1n) is 6.70. The molecule has 1 amide bonds. The molecule has 1 heterocycles. The Morgan fingerprint density at radius 2 is 2.24 bits per heavy atom. The molecule has 118 valence electrons. The summed E-state index contributed by atoms with van der Waals surface area (Å²) in [7, 11) is 1.56. The second-order valence-corrected chi connectivity index (χ2v) is 5.74. The van der Waals surface area contributed by atoms with Gasteiger partial charge in [0.2, 0.25) is 5.91 Å². The van der Waals surface area contributed by atoms with Crippen LogP contribution in [-0.4, -0.2) is 42.5 Å². The Labute approximate surface area is 132 Å². The fraction of sp³-hybridized carbons (Fsp3) is 0.615. The van der Waals surface area contributed by atoms with Crippen LogP contribution >= 0.6 is 15.9 Å². The van der Waals surface area contributed by atoms with Crippen LogP contribution in [0.3, 0.4) is 0 Å². The second kappa shape index (κ2) is 8.78. The minimum absolute atomic E-state index is 0.0918. The third-order valence-corrected chi connectivity index (χ3v) is 3.41. The summed E-state index contributed by atoms with van der Waals surface area (Å²) in [5, 5.41) is 9.71. The van der Waals surface area contributed by atoms with Gasteiger partial charge in [0.05, 0.1) is 31.6 Å². The van der Waals surface area contributed by atoms with Gasteiger partial charge in [0.15, 0.2) is 0 Å². The van der Waals surface area contributed by atoms with Crippen LogP contribution in [0, 0.1) is 5.92 Å². The molecule has 0 bridgehead atoms. The van der Waals surface area contributed by atoms with E-state index < -0.39 is 0 Å². The lowest BCUT2D eigenvalue weighted by atomic mass is 10.2. The second-order valence-electron chi connectivity index (χ2n) is 4.94. The third kappa shape index (κ3) is 5.84. The first kappa shape index (κ1) is 17.6. The zero-order valence-electron chi connectivity index (χ0n) is 12.5. The molecule has 0 aliphatic heterocycles. The Kier molecular flexibility index (Phi) is 7.38. The first-order valence-corrected chi connectivity index (χ1v) is 7.50. The van der Waals surface area contributed by atoms with Gasteiger partial charge in [-0.3, -0.25) is 9.59 Å². The van der Waals surface area contributed by atoms with Gasteiger partial charge in [-0.15, -0.1) is 0 Å². The van der Waals surface area contributed by atoms with Gasteiger partial charge < -0.3 is 15.4 Å². The Bertz CT molecular complexity index is 531. The monoisotopic (exact) mass is 360 g/mol. The molecule has 7 nitrogen and oxygen atoms in total. The highest BCUT2D eigenvalue weighted by Crippen LogP contribution is 2.15. The molecule has 1 aromatic heterocycles. The number of hydrogen-bond donors (Lipinski definition) is 2. The molecular formula is C13H21BrN4O3. The van der Waals surface area contributed by atoms with E-state index in [1.54, 1.807) is 7.11 Å². The van der Waals surface area contributed by atoms with Crippen molar-refractivity contribution in [2.45, 2.75) is 20.4 Å². The number of carbonyl (C=O) groups excluding carboxylic acids is 1. The largest absolute Gasteiger partial charge is 0.383 e. The molecule has 0 atom stereocenters. The SMILES string of the molecule is COCCn1ncc(NCC(=O)NCC(C)C)c(Br)c1=O. The fourth-order valence-corrected chi connectivity index (χ4v) is 1.93. The van der Waals surface area contributed by atoms with Crippen LogP contribution in [-0.2, 0) is 16.1 Å². The molecular weight excluding hydrogens is 340 g/mol. The zero-order chi connectivity index (χ0) is 15.8. The Balaban J connectivity index is 2.62. The number of nitrogens with zero attached hydrogens (tertiary/aromatic N) is 2. The van der Waals surface area contributed by atoms with Crippen molar-refractivity contribution >= 4 is 27.5 Å². The van der Waals surface area contributed by atoms with Gasteiger partial charge in [0.25, 0.3) is 5.56 Å². The summed E-state index contributed by atoms with van der Waals surface area (Å²) in [6.07, 6.45) is 1.51. The number of amides is 1. The Morgan fingerprint density at radius 1 is 1.52 bits per heavy atom. The quantitative estimate of drug-likeness (QED) is 0.717. The zero-order valence-corrected chi connectivity index (χ0v) is 14.1. The Hall–Kier alpha value is -1.41. The molecule has 2 N–H and O–H groups in total. The molecule has 0 aliphatic carbocycles. The van der Waals surface area contributed by atoms with Crippen molar-refractivity contribution in [3.05, 3.63) is 21.0 Å². The molecule has 0 saturated heterocycles. The topological polar surface area (TPSA) is 85.2 Å². The maximum absolute atomic E-state index is 12.0. The predicted molar refractivity (Wildman–Crippen MR) is 84.4 cm³/mol. The summed E-state index contributed by atoms with van der Waals surface area (Å²) in [5.41, 5.74) is 0.230. The summed E-state index contributed by atoms with van der Waals surface area (Å²) in [4.78, 5) is 23.6. The molecule has 1 rings (SSSR count). The number of ether oxygens (including phenoxy) is 1. The van der Waals surface area contributed by atoms with Crippen molar-refractivity contribution in [3.8, 4) is 0 Å². The number of anilines is 1. The van der Waals surface area contributed by atoms with E-state index in [2.05, 4.69) is 31.7 Å². The maximum Gasteiger partial charge on any atom is 0.283 e. The predicted octanol–water partition coefficient (Wildman–Crippen LogP) is 0.836. The maximum atomic E-state index is 12.0. The minimum Gasteiger partial charge on any atom is -0.383 e. The van der Waals surface area contributed by atoms with Gasteiger partial charge >= 0.3 is 0 Å². The van der Waals surface area contributed by atoms with Crippen LogP contribution in [0.25, 0.3) is 0 Å². The Morgan fingerprint density at radius 3 is 2.86 bits per heavy atom. The van der Waals surface area contributed by atoms with Gasteiger partial charge in [0, 0.05) is 13.7 Å². The smallest absolute Gasteiger partial charge is 0.283 e. The molecule has 8 heteroatoms. The van der Waals surface area contributed by atoms with Gasteiger partial charge in [0.1, 0.15) is 4.47 Å². The minimum atomic E-state index is -0.264. The number of nitrogens with one attached hydrogen (secondary N) is 2. The molecule has 0 aromatic carbocycles. The number of aromatic nitrogens is 2. The third-order valence-electron chi connectivity index (χ3n) is 2.64. The summed E-state index contributed by atoms with van der Waals surface area (Å²) in [5.74, 6) is 0.270. The van der Waals surface area contributed by atoms with Crippen molar-refractivity contribution in [2.24, 2.45) is 5.92 Å². The average Bonchev–Trinajstić information content (AvgIpc) is 2.45. The van der Waals surface area contributed by atoms with Gasteiger partial charge in [-0.2, -0.15) is 5.10 Å². The lowest BCUT2D eigenvalue weighted by molar-refractivity contribution is -0.119. The summed E-state index contributed by atoms with van der Waals surface area (Å²) in [6.45, 7) is 5.54. The molecule has 1 aromatic rings. The van der Waals surface area contributed by atoms with Crippen LogP contribution in [0.15, 0.2) is 15.5 Å². The van der Waals surface area contributed by atoms with E-state index in [0.717, 1.165) is 0 Å². The van der Waals surface area contributed by atoms with Crippen molar-refractivity contribution in [3.63, 3.8) is 0 Å². The summed E-state index contributed by atoms with van der Waals surface area (Å²) >= 11 is 3.23. The van der Waals surface area contributed by atoms with Crippen LogP contribution in [0.1, 0.15) is 13.8 Å². The van der Waals surface area contributed by atoms with Crippen molar-refractivity contribution in [1.29, 1.82) is 0 Å². The molecule has 0 aliphatic rings. The van der Waals surface area contributed by atoms with Crippen molar-refractivity contribution in [2.75, 3.05) is 32.1 Å². The van der Waals surface area contributed by atoms with Crippen LogP contribution < -0.4 is 16.2 Å². The van der Waals surface area contributed by atoms with Gasteiger partial charge in [-0.1, -0.05) is 13.8 Å². The lowest BCUT2D eigenvalue weighted by Crippen LogP contribution is -2.33. The van der Waals surface area contributed by atoms with E-state index in [4.69, 9.17) is 4.74 Å². The normalized spacial score (nSPS) is 10.7. The van der Waals surface area contributed by atoms with Crippen molar-refractivity contribution in [1.82, 2.24) is 15.1 Å². The molecule has 0 saturated carbocycles. The number of carbonyl (C=O) groups is 1. The van der Waals surface area contributed by atoms with Crippen molar-refractivity contribution < 1.29 is 9.53 Å². The van der Waals surface area contributed by atoms with E-state index in [1.165, 1.54) is 10.9 Å². The van der Waals surface area contributed by atoms with Gasteiger partial charge in [-0.05, 0) is 21.8 Å². The molecule has 21 heavy (non-hydrogen) atoms. The highest BCUT2D eigenvalue weighted by Gasteiger charge is 2.10. The number of methoxy groups -OCH3 is 1. The molecule has 0 fully saturated rings. The molecule has 0 spiro atoms. The highest BCUT2D eigenvalue weighted by molar-refractivity contribution is 9.10. The average molecular weight is 361 g/mol. The van der Waals surface area contributed by atoms with E-state index in [-0.39, 0.29) is 18.0 Å². The van der Waals surface area contributed by atoms with E-state index in [1.807, 2.05) is 13.8 Å². The van der Waals surface area contributed by atoms with E-state index in [9.17, 15) is 9.59 Å². The first-order chi connectivity index (χ1) is 9.95. The van der Waals surface area contributed by atoms with Crippen LogP contribution in [0.4, 0.5) is 5.69 Å². The molecule has 0 radical (unpaired) electrons. The van der Waals surface area contributed by atoms with Crippen LogP contribution in [0.2, 0.25) is 0 Å². The summed E-state index contributed by atoms with van der Waals surface area (Å²) < 4.78 is 6.57.